The largest absolute Gasteiger partial charge is 0.504 e. The quantitative estimate of drug-likeness (QED) is 0.600. The second-order valence-corrected chi connectivity index (χ2v) is 6.36. The predicted molar refractivity (Wildman–Crippen MR) is 87.5 cm³/mol. The van der Waals surface area contributed by atoms with Gasteiger partial charge in [0.25, 0.3) is 0 Å². The van der Waals surface area contributed by atoms with Gasteiger partial charge in [-0.3, -0.25) is 0 Å². The first-order valence-electron chi connectivity index (χ1n) is 8.31. The zero-order valence-electron chi connectivity index (χ0n) is 13.6. The minimum Gasteiger partial charge on any atom is -0.504 e. The van der Waals surface area contributed by atoms with Gasteiger partial charge in [-0.25, -0.2) is 0 Å². The summed E-state index contributed by atoms with van der Waals surface area (Å²) in [6.45, 7) is 6.94. The minimum absolute atomic E-state index is 0.0547. The van der Waals surface area contributed by atoms with Crippen molar-refractivity contribution in [1.82, 2.24) is 4.90 Å². The van der Waals surface area contributed by atoms with Crippen LogP contribution in [0.15, 0.2) is 12.1 Å². The van der Waals surface area contributed by atoms with Crippen LogP contribution in [0.4, 0.5) is 0 Å². The molecular formula is C18H27NO3. The zero-order chi connectivity index (χ0) is 16.2. The molecule has 0 saturated heterocycles. The fraction of sp³-hybridized carbons (Fsp3) is 0.611. The van der Waals surface area contributed by atoms with E-state index < -0.39 is 5.41 Å². The van der Waals surface area contributed by atoms with Crippen molar-refractivity contribution in [3.8, 4) is 11.5 Å². The second kappa shape index (κ2) is 7.14. The Balaban J connectivity index is 2.39. The molecule has 0 radical (unpaired) electrons. The topological polar surface area (TPSA) is 60.8 Å². The third-order valence-corrected chi connectivity index (χ3v) is 4.66. The van der Waals surface area contributed by atoms with Crippen LogP contribution in [0, 0.1) is 0 Å². The number of rotatable bonds is 7. The Morgan fingerprint density at radius 3 is 2.50 bits per heavy atom. The van der Waals surface area contributed by atoms with Crippen molar-refractivity contribution in [3.63, 3.8) is 0 Å². The molecule has 1 aliphatic carbocycles. The van der Waals surface area contributed by atoms with Crippen LogP contribution in [0.1, 0.15) is 50.7 Å². The van der Waals surface area contributed by atoms with Gasteiger partial charge in [-0.2, -0.15) is 0 Å². The van der Waals surface area contributed by atoms with Gasteiger partial charge < -0.3 is 19.9 Å². The summed E-state index contributed by atoms with van der Waals surface area (Å²) in [6.07, 6.45) is 5.55. The highest BCUT2D eigenvalue weighted by Crippen LogP contribution is 2.43. The molecule has 4 nitrogen and oxygen atoms in total. The number of carbonyl (C=O) groups excluding carboxylic acids is 1. The van der Waals surface area contributed by atoms with Gasteiger partial charge in [0.2, 0.25) is 0 Å². The Hall–Kier alpha value is -1.55. The Morgan fingerprint density at radius 2 is 1.91 bits per heavy atom. The average Bonchev–Trinajstić information content (AvgIpc) is 2.52. The van der Waals surface area contributed by atoms with Gasteiger partial charge in [0, 0.05) is 12.1 Å². The summed E-state index contributed by atoms with van der Waals surface area (Å²) in [7, 11) is 0. The minimum atomic E-state index is -0.566. The lowest BCUT2D eigenvalue weighted by Crippen LogP contribution is -2.45. The van der Waals surface area contributed by atoms with E-state index >= 15 is 0 Å². The lowest BCUT2D eigenvalue weighted by Gasteiger charge is -2.39. The van der Waals surface area contributed by atoms with Crippen molar-refractivity contribution in [3.05, 3.63) is 23.3 Å². The predicted octanol–water partition coefficient (Wildman–Crippen LogP) is 2.99. The second-order valence-electron chi connectivity index (χ2n) is 6.36. The molecule has 0 heterocycles. The Labute approximate surface area is 132 Å². The van der Waals surface area contributed by atoms with Gasteiger partial charge in [0.05, 0.1) is 5.41 Å². The highest BCUT2D eigenvalue weighted by atomic mass is 16.3. The summed E-state index contributed by atoms with van der Waals surface area (Å²) in [4.78, 5) is 14.4. The van der Waals surface area contributed by atoms with E-state index in [9.17, 15) is 15.0 Å². The van der Waals surface area contributed by atoms with E-state index in [1.165, 1.54) is 6.07 Å². The summed E-state index contributed by atoms with van der Waals surface area (Å²) >= 11 is 0. The maximum absolute atomic E-state index is 12.0. The highest BCUT2D eigenvalue weighted by Gasteiger charge is 2.39. The molecule has 0 amide bonds. The third-order valence-electron chi connectivity index (χ3n) is 4.66. The van der Waals surface area contributed by atoms with Gasteiger partial charge in [0.15, 0.2) is 11.5 Å². The van der Waals surface area contributed by atoms with Crippen molar-refractivity contribution >= 4 is 6.29 Å². The van der Waals surface area contributed by atoms with Crippen molar-refractivity contribution in [2.45, 2.75) is 51.4 Å². The van der Waals surface area contributed by atoms with E-state index in [1.54, 1.807) is 0 Å². The molecule has 1 aromatic carbocycles. The van der Waals surface area contributed by atoms with Crippen molar-refractivity contribution in [2.75, 3.05) is 19.6 Å². The fourth-order valence-electron chi connectivity index (χ4n) is 3.68. The number of phenolic OH excluding ortho intramolecular Hbond substituents is 2. The molecule has 0 aliphatic heterocycles. The molecule has 1 atom stereocenters. The summed E-state index contributed by atoms with van der Waals surface area (Å²) in [5, 5.41) is 19.9. The SMILES string of the molecule is CCCN(CCC)CC1(C=O)CCCc2c1ccc(O)c2O. The van der Waals surface area contributed by atoms with Gasteiger partial charge in [-0.15, -0.1) is 0 Å². The van der Waals surface area contributed by atoms with E-state index in [0.717, 1.165) is 56.2 Å². The molecule has 1 aliphatic rings. The molecule has 0 saturated carbocycles. The van der Waals surface area contributed by atoms with Gasteiger partial charge in [-0.1, -0.05) is 19.9 Å². The Kier molecular flexibility index (Phi) is 5.46. The van der Waals surface area contributed by atoms with E-state index in [1.807, 2.05) is 6.07 Å². The highest BCUT2D eigenvalue weighted by molar-refractivity contribution is 5.72. The Bertz CT molecular complexity index is 523. The zero-order valence-corrected chi connectivity index (χ0v) is 13.6. The summed E-state index contributed by atoms with van der Waals surface area (Å²) in [5.74, 6) is -0.152. The van der Waals surface area contributed by atoms with E-state index in [0.29, 0.717) is 13.0 Å². The van der Waals surface area contributed by atoms with Gasteiger partial charge in [0.1, 0.15) is 6.29 Å². The van der Waals surface area contributed by atoms with Gasteiger partial charge >= 0.3 is 0 Å². The maximum Gasteiger partial charge on any atom is 0.160 e. The molecule has 2 N–H and O–H groups in total. The summed E-state index contributed by atoms with van der Waals surface area (Å²) < 4.78 is 0. The first-order valence-corrected chi connectivity index (χ1v) is 8.31. The van der Waals surface area contributed by atoms with Crippen molar-refractivity contribution in [2.24, 2.45) is 0 Å². The molecular weight excluding hydrogens is 278 g/mol. The lowest BCUT2D eigenvalue weighted by atomic mass is 9.70. The number of carbonyl (C=O) groups is 1. The van der Waals surface area contributed by atoms with E-state index in [4.69, 9.17) is 0 Å². The molecule has 122 valence electrons. The number of phenols is 2. The molecule has 2 rings (SSSR count). The molecule has 1 aromatic rings. The first kappa shape index (κ1) is 16.8. The van der Waals surface area contributed by atoms with Crippen LogP contribution in [0.2, 0.25) is 0 Å². The van der Waals surface area contributed by atoms with Crippen molar-refractivity contribution < 1.29 is 15.0 Å². The molecule has 1 unspecified atom stereocenters. The summed E-state index contributed by atoms with van der Waals surface area (Å²) in [6, 6.07) is 3.32. The monoisotopic (exact) mass is 305 g/mol. The van der Waals surface area contributed by atoms with Gasteiger partial charge in [-0.05, 0) is 56.8 Å². The van der Waals surface area contributed by atoms with Crippen LogP contribution in [0.25, 0.3) is 0 Å². The van der Waals surface area contributed by atoms with Crippen LogP contribution < -0.4 is 0 Å². The fourth-order valence-corrected chi connectivity index (χ4v) is 3.68. The van der Waals surface area contributed by atoms with Crippen LogP contribution in [-0.4, -0.2) is 41.0 Å². The number of aldehydes is 1. The number of benzene rings is 1. The lowest BCUT2D eigenvalue weighted by molar-refractivity contribution is -0.113. The molecule has 0 fully saturated rings. The standard InChI is InChI=1S/C18H27NO3/c1-3-10-19(11-4-2)12-18(13-20)9-5-6-14-15(18)7-8-16(21)17(14)22/h7-8,13,21-22H,3-6,9-12H2,1-2H3. The van der Waals surface area contributed by atoms with E-state index in [-0.39, 0.29) is 11.5 Å². The van der Waals surface area contributed by atoms with Crippen LogP contribution >= 0.6 is 0 Å². The molecule has 0 spiro atoms. The number of hydrogen-bond acceptors (Lipinski definition) is 4. The number of nitrogens with zero attached hydrogens (tertiary/aromatic N) is 1. The van der Waals surface area contributed by atoms with E-state index in [2.05, 4.69) is 18.7 Å². The average molecular weight is 305 g/mol. The van der Waals surface area contributed by atoms with Crippen LogP contribution in [0.5, 0.6) is 11.5 Å². The first-order chi connectivity index (χ1) is 10.6. The molecule has 22 heavy (non-hydrogen) atoms. The summed E-state index contributed by atoms with van der Waals surface area (Å²) in [5.41, 5.74) is 1.07. The molecule has 0 bridgehead atoms. The maximum atomic E-state index is 12.0. The third kappa shape index (κ3) is 3.12. The van der Waals surface area contributed by atoms with Crippen LogP contribution in [0.3, 0.4) is 0 Å². The molecule has 4 heteroatoms. The van der Waals surface area contributed by atoms with Crippen molar-refractivity contribution in [1.29, 1.82) is 0 Å². The normalized spacial score (nSPS) is 20.9. The number of aromatic hydroxyl groups is 2. The molecule has 0 aromatic heterocycles. The number of hydrogen-bond donors (Lipinski definition) is 2. The smallest absolute Gasteiger partial charge is 0.160 e. The van der Waals surface area contributed by atoms with Crippen LogP contribution in [-0.2, 0) is 16.6 Å². The Morgan fingerprint density at radius 1 is 1.23 bits per heavy atom. The number of fused-ring (bicyclic) bond motifs is 1.